The van der Waals surface area contributed by atoms with Crippen LogP contribution in [0.15, 0.2) is 54.6 Å². The highest BCUT2D eigenvalue weighted by Gasteiger charge is 2.02. The van der Waals surface area contributed by atoms with E-state index in [0.29, 0.717) is 5.92 Å². The Kier molecular flexibility index (Phi) is 5.37. The van der Waals surface area contributed by atoms with Crippen LogP contribution >= 0.6 is 0 Å². The van der Waals surface area contributed by atoms with Crippen LogP contribution in [0.4, 0.5) is 5.69 Å². The molecule has 2 rings (SSSR count). The lowest BCUT2D eigenvalue weighted by molar-refractivity contribution is -0.111. The first-order valence-corrected chi connectivity index (χ1v) is 7.32. The van der Waals surface area contributed by atoms with Gasteiger partial charge in [-0.25, -0.2) is 0 Å². The fourth-order valence-corrected chi connectivity index (χ4v) is 2.10. The van der Waals surface area contributed by atoms with Crippen molar-refractivity contribution in [3.63, 3.8) is 0 Å². The van der Waals surface area contributed by atoms with Crippen LogP contribution in [0.25, 0.3) is 6.08 Å². The van der Waals surface area contributed by atoms with Crippen LogP contribution in [0.3, 0.4) is 0 Å². The third-order valence-electron chi connectivity index (χ3n) is 3.40. The highest BCUT2D eigenvalue weighted by molar-refractivity contribution is 6.02. The molecule has 0 saturated heterocycles. The Balaban J connectivity index is 2.02. The van der Waals surface area contributed by atoms with Gasteiger partial charge in [-0.05, 0) is 35.8 Å². The highest BCUT2D eigenvalue weighted by Crippen LogP contribution is 2.19. The lowest BCUT2D eigenvalue weighted by Crippen LogP contribution is -2.07. The van der Waals surface area contributed by atoms with Gasteiger partial charge < -0.3 is 10.1 Å². The minimum Gasteiger partial charge on any atom is -0.496 e. The van der Waals surface area contributed by atoms with Crippen molar-refractivity contribution in [3.8, 4) is 5.75 Å². The number of hydrogen-bond acceptors (Lipinski definition) is 2. The van der Waals surface area contributed by atoms with Gasteiger partial charge in [-0.15, -0.1) is 0 Å². The Morgan fingerprint density at radius 1 is 1.09 bits per heavy atom. The van der Waals surface area contributed by atoms with Crippen LogP contribution in [-0.2, 0) is 4.79 Å². The minimum absolute atomic E-state index is 0.164. The third-order valence-corrected chi connectivity index (χ3v) is 3.40. The summed E-state index contributed by atoms with van der Waals surface area (Å²) in [5.41, 5.74) is 2.91. The maximum absolute atomic E-state index is 12.0. The van der Waals surface area contributed by atoms with E-state index in [-0.39, 0.29) is 5.91 Å². The molecule has 1 N–H and O–H groups in total. The molecular formula is C19H21NO2. The lowest BCUT2D eigenvalue weighted by Gasteiger charge is -2.07. The van der Waals surface area contributed by atoms with E-state index in [2.05, 4.69) is 19.2 Å². The van der Waals surface area contributed by atoms with E-state index >= 15 is 0 Å². The molecule has 114 valence electrons. The van der Waals surface area contributed by atoms with E-state index in [9.17, 15) is 4.79 Å². The van der Waals surface area contributed by atoms with Crippen molar-refractivity contribution in [2.75, 3.05) is 12.4 Å². The number of nitrogens with one attached hydrogen (secondary N) is 1. The van der Waals surface area contributed by atoms with Crippen LogP contribution in [0.2, 0.25) is 0 Å². The summed E-state index contributed by atoms with van der Waals surface area (Å²) in [6, 6.07) is 15.5. The van der Waals surface area contributed by atoms with Crippen LogP contribution < -0.4 is 10.1 Å². The molecule has 0 aliphatic rings. The standard InChI is InChI=1S/C19H21NO2/c1-14(2)15-8-11-17(12-9-15)20-19(21)13-10-16-6-4-5-7-18(16)22-3/h4-14H,1-3H3,(H,20,21). The number of hydrogen-bond donors (Lipinski definition) is 1. The normalized spacial score (nSPS) is 10.9. The van der Waals surface area contributed by atoms with E-state index in [4.69, 9.17) is 4.74 Å². The zero-order valence-electron chi connectivity index (χ0n) is 13.2. The van der Waals surface area contributed by atoms with E-state index in [1.807, 2.05) is 48.5 Å². The molecule has 3 nitrogen and oxygen atoms in total. The summed E-state index contributed by atoms with van der Waals surface area (Å²) < 4.78 is 5.25. The fourth-order valence-electron chi connectivity index (χ4n) is 2.10. The van der Waals surface area contributed by atoms with Crippen LogP contribution in [0.5, 0.6) is 5.75 Å². The molecule has 0 unspecified atom stereocenters. The molecule has 2 aromatic rings. The van der Waals surface area contributed by atoms with Crippen molar-refractivity contribution in [2.24, 2.45) is 0 Å². The maximum atomic E-state index is 12.0. The molecule has 0 bridgehead atoms. The number of carbonyl (C=O) groups is 1. The first-order valence-electron chi connectivity index (χ1n) is 7.32. The first-order chi connectivity index (χ1) is 10.6. The van der Waals surface area contributed by atoms with Gasteiger partial charge in [0.2, 0.25) is 5.91 Å². The van der Waals surface area contributed by atoms with Gasteiger partial charge in [0.05, 0.1) is 7.11 Å². The van der Waals surface area contributed by atoms with E-state index in [1.165, 1.54) is 11.6 Å². The van der Waals surface area contributed by atoms with E-state index < -0.39 is 0 Å². The van der Waals surface area contributed by atoms with Gasteiger partial charge in [0, 0.05) is 17.3 Å². The Labute approximate surface area is 131 Å². The first kappa shape index (κ1) is 15.8. The molecule has 22 heavy (non-hydrogen) atoms. The van der Waals surface area contributed by atoms with Gasteiger partial charge in [0.1, 0.15) is 5.75 Å². The largest absolute Gasteiger partial charge is 0.496 e. The van der Waals surface area contributed by atoms with Gasteiger partial charge in [-0.2, -0.15) is 0 Å². The number of methoxy groups -OCH3 is 1. The number of carbonyl (C=O) groups excluding carboxylic acids is 1. The van der Waals surface area contributed by atoms with E-state index in [1.54, 1.807) is 13.2 Å². The minimum atomic E-state index is -0.164. The second-order valence-corrected chi connectivity index (χ2v) is 5.34. The predicted molar refractivity (Wildman–Crippen MR) is 91.2 cm³/mol. The predicted octanol–water partition coefficient (Wildman–Crippen LogP) is 4.47. The van der Waals surface area contributed by atoms with Crippen molar-refractivity contribution in [3.05, 3.63) is 65.7 Å². The maximum Gasteiger partial charge on any atom is 0.248 e. The molecule has 2 aromatic carbocycles. The summed E-state index contributed by atoms with van der Waals surface area (Å²) in [5.74, 6) is 1.06. The zero-order valence-corrected chi connectivity index (χ0v) is 13.2. The Hall–Kier alpha value is -2.55. The molecule has 1 amide bonds. The summed E-state index contributed by atoms with van der Waals surface area (Å²) >= 11 is 0. The van der Waals surface area contributed by atoms with Crippen molar-refractivity contribution < 1.29 is 9.53 Å². The summed E-state index contributed by atoms with van der Waals surface area (Å²) in [6.07, 6.45) is 3.25. The average Bonchev–Trinajstić information content (AvgIpc) is 2.53. The van der Waals surface area contributed by atoms with Crippen molar-refractivity contribution in [1.82, 2.24) is 0 Å². The molecule has 0 spiro atoms. The quantitative estimate of drug-likeness (QED) is 0.826. The molecule has 0 aromatic heterocycles. The third kappa shape index (κ3) is 4.22. The molecule has 3 heteroatoms. The fraction of sp³-hybridized carbons (Fsp3) is 0.211. The molecular weight excluding hydrogens is 274 g/mol. The topological polar surface area (TPSA) is 38.3 Å². The number of amides is 1. The van der Waals surface area contributed by atoms with Crippen molar-refractivity contribution >= 4 is 17.7 Å². The van der Waals surface area contributed by atoms with Gasteiger partial charge in [0.15, 0.2) is 0 Å². The Morgan fingerprint density at radius 2 is 1.77 bits per heavy atom. The number of rotatable bonds is 5. The number of anilines is 1. The average molecular weight is 295 g/mol. The van der Waals surface area contributed by atoms with Gasteiger partial charge >= 0.3 is 0 Å². The summed E-state index contributed by atoms with van der Waals surface area (Å²) in [5, 5.41) is 2.85. The molecule has 0 saturated carbocycles. The Morgan fingerprint density at radius 3 is 2.41 bits per heavy atom. The molecule has 0 radical (unpaired) electrons. The smallest absolute Gasteiger partial charge is 0.248 e. The summed E-state index contributed by atoms with van der Waals surface area (Å²) in [7, 11) is 1.61. The Bertz CT molecular complexity index is 657. The van der Waals surface area contributed by atoms with Gasteiger partial charge in [-0.1, -0.05) is 44.2 Å². The molecule has 0 atom stereocenters. The molecule has 0 aliphatic carbocycles. The number of benzene rings is 2. The van der Waals surface area contributed by atoms with Gasteiger partial charge in [-0.3, -0.25) is 4.79 Å². The molecule has 0 aliphatic heterocycles. The van der Waals surface area contributed by atoms with E-state index in [0.717, 1.165) is 17.0 Å². The second-order valence-electron chi connectivity index (χ2n) is 5.34. The van der Waals surface area contributed by atoms with Crippen LogP contribution in [-0.4, -0.2) is 13.0 Å². The van der Waals surface area contributed by atoms with Crippen molar-refractivity contribution in [1.29, 1.82) is 0 Å². The molecule has 0 heterocycles. The van der Waals surface area contributed by atoms with Crippen LogP contribution in [0.1, 0.15) is 30.9 Å². The second kappa shape index (κ2) is 7.46. The number of ether oxygens (including phenoxy) is 1. The molecule has 0 fully saturated rings. The van der Waals surface area contributed by atoms with Crippen LogP contribution in [0, 0.1) is 0 Å². The SMILES string of the molecule is COc1ccccc1C=CC(=O)Nc1ccc(C(C)C)cc1. The monoisotopic (exact) mass is 295 g/mol. The van der Waals surface area contributed by atoms with Gasteiger partial charge in [0.25, 0.3) is 0 Å². The zero-order chi connectivity index (χ0) is 15.9. The lowest BCUT2D eigenvalue weighted by atomic mass is 10.0. The van der Waals surface area contributed by atoms with Crippen molar-refractivity contribution in [2.45, 2.75) is 19.8 Å². The highest BCUT2D eigenvalue weighted by atomic mass is 16.5. The summed E-state index contributed by atoms with van der Waals surface area (Å²) in [6.45, 7) is 4.28. The number of para-hydroxylation sites is 1. The summed E-state index contributed by atoms with van der Waals surface area (Å²) in [4.78, 5) is 12.0.